The van der Waals surface area contributed by atoms with Crippen molar-refractivity contribution in [1.82, 2.24) is 0 Å². The Morgan fingerprint density at radius 1 is 0.968 bits per heavy atom. The number of phenols is 2. The van der Waals surface area contributed by atoms with Crippen molar-refractivity contribution in [3.8, 4) is 17.2 Å². The normalized spacial score (nSPS) is 25.9. The number of esters is 1. The number of unbranched alkanes of at least 4 members (excludes halogenated alkanes) is 5. The maximum atomic E-state index is 12.2. The predicted molar refractivity (Wildman–Crippen MR) is 108 cm³/mol. The molecule has 0 radical (unpaired) electrons. The highest BCUT2D eigenvalue weighted by atomic mass is 16.7. The van der Waals surface area contributed by atoms with Gasteiger partial charge in [0.15, 0.2) is 11.5 Å². The van der Waals surface area contributed by atoms with Crippen molar-refractivity contribution in [1.29, 1.82) is 0 Å². The van der Waals surface area contributed by atoms with Gasteiger partial charge in [-0.05, 0) is 18.6 Å². The van der Waals surface area contributed by atoms with Crippen molar-refractivity contribution < 1.29 is 49.6 Å². The van der Waals surface area contributed by atoms with Crippen molar-refractivity contribution in [2.24, 2.45) is 0 Å². The summed E-state index contributed by atoms with van der Waals surface area (Å²) >= 11 is 0. The number of aliphatic hydroxyl groups excluding tert-OH is 4. The predicted octanol–water partition coefficient (Wildman–Crippen LogP) is 0.794. The summed E-state index contributed by atoms with van der Waals surface area (Å²) in [5.41, 5.74) is -0.0952. The zero-order chi connectivity index (χ0) is 23.0. The van der Waals surface area contributed by atoms with E-state index in [-0.39, 0.29) is 12.2 Å². The van der Waals surface area contributed by atoms with Crippen LogP contribution in [0.4, 0.5) is 0 Å². The van der Waals surface area contributed by atoms with E-state index in [9.17, 15) is 35.4 Å². The lowest BCUT2D eigenvalue weighted by atomic mass is 9.99. The smallest absolute Gasteiger partial charge is 0.338 e. The largest absolute Gasteiger partial charge is 0.504 e. The van der Waals surface area contributed by atoms with Crippen molar-refractivity contribution in [2.75, 3.05) is 13.2 Å². The minimum atomic E-state index is -1.72. The van der Waals surface area contributed by atoms with Gasteiger partial charge in [0.1, 0.15) is 24.4 Å². The fraction of sp³-hybridized carbons (Fsp3) is 0.667. The third kappa shape index (κ3) is 6.68. The van der Waals surface area contributed by atoms with Gasteiger partial charge in [-0.25, -0.2) is 4.79 Å². The maximum absolute atomic E-state index is 12.2. The minimum absolute atomic E-state index is 0.0952. The van der Waals surface area contributed by atoms with Gasteiger partial charge in [0.05, 0.1) is 18.8 Å². The number of benzene rings is 1. The Balaban J connectivity index is 1.96. The number of carbonyl (C=O) groups is 1. The first-order valence-corrected chi connectivity index (χ1v) is 10.5. The molecule has 1 fully saturated rings. The van der Waals surface area contributed by atoms with Gasteiger partial charge < -0.3 is 44.8 Å². The molecule has 10 nitrogen and oxygen atoms in total. The summed E-state index contributed by atoms with van der Waals surface area (Å²) in [7, 11) is 0. The van der Waals surface area contributed by atoms with E-state index in [1.807, 2.05) is 0 Å². The molecule has 0 unspecified atom stereocenters. The van der Waals surface area contributed by atoms with Crippen molar-refractivity contribution in [3.63, 3.8) is 0 Å². The van der Waals surface area contributed by atoms with Gasteiger partial charge in [-0.2, -0.15) is 0 Å². The molecule has 0 bridgehead atoms. The van der Waals surface area contributed by atoms with Gasteiger partial charge in [0.25, 0.3) is 0 Å². The van der Waals surface area contributed by atoms with Crippen molar-refractivity contribution in [3.05, 3.63) is 17.7 Å². The molecular weight excluding hydrogens is 412 g/mol. The van der Waals surface area contributed by atoms with Crippen LogP contribution in [0.2, 0.25) is 0 Å². The Bertz CT molecular complexity index is 684. The van der Waals surface area contributed by atoms with Gasteiger partial charge in [0.2, 0.25) is 12.0 Å². The quantitative estimate of drug-likeness (QED) is 0.212. The number of ether oxygens (including phenoxy) is 3. The molecule has 0 aliphatic carbocycles. The van der Waals surface area contributed by atoms with Gasteiger partial charge >= 0.3 is 5.97 Å². The first kappa shape index (κ1) is 25.2. The maximum Gasteiger partial charge on any atom is 0.338 e. The van der Waals surface area contributed by atoms with E-state index in [1.165, 1.54) is 6.42 Å². The molecule has 1 aliphatic heterocycles. The third-order valence-corrected chi connectivity index (χ3v) is 5.10. The summed E-state index contributed by atoms with van der Waals surface area (Å²) in [4.78, 5) is 12.2. The Labute approximate surface area is 180 Å². The number of phenolic OH excluding ortho intramolecular Hbond substituents is 2. The van der Waals surface area contributed by atoms with Crippen molar-refractivity contribution >= 4 is 5.97 Å². The molecule has 0 spiro atoms. The van der Waals surface area contributed by atoms with Crippen molar-refractivity contribution in [2.45, 2.75) is 76.2 Å². The van der Waals surface area contributed by atoms with Gasteiger partial charge in [0, 0.05) is 0 Å². The number of hydrogen-bond acceptors (Lipinski definition) is 10. The highest BCUT2D eigenvalue weighted by Crippen LogP contribution is 2.39. The molecule has 1 aliphatic rings. The molecule has 1 saturated heterocycles. The van der Waals surface area contributed by atoms with Crippen LogP contribution < -0.4 is 4.74 Å². The first-order chi connectivity index (χ1) is 14.8. The van der Waals surface area contributed by atoms with Crippen LogP contribution in [0.3, 0.4) is 0 Å². The summed E-state index contributed by atoms with van der Waals surface area (Å²) in [6, 6.07) is 2.06. The average Bonchev–Trinajstić information content (AvgIpc) is 2.75. The molecule has 1 aromatic carbocycles. The molecule has 1 heterocycles. The zero-order valence-electron chi connectivity index (χ0n) is 17.5. The molecule has 0 amide bonds. The monoisotopic (exact) mass is 444 g/mol. The summed E-state index contributed by atoms with van der Waals surface area (Å²) in [6.45, 7) is 1.69. The first-order valence-electron chi connectivity index (χ1n) is 10.5. The fourth-order valence-corrected chi connectivity index (χ4v) is 3.25. The van der Waals surface area contributed by atoms with E-state index in [4.69, 9.17) is 14.2 Å². The second kappa shape index (κ2) is 12.1. The molecule has 2 rings (SSSR count). The third-order valence-electron chi connectivity index (χ3n) is 5.10. The Morgan fingerprint density at radius 2 is 1.58 bits per heavy atom. The number of hydrogen-bond donors (Lipinski definition) is 6. The van der Waals surface area contributed by atoms with E-state index in [0.717, 1.165) is 37.8 Å². The molecule has 0 aromatic heterocycles. The Kier molecular flexibility index (Phi) is 9.79. The SMILES string of the molecule is CCCCCCCCOC(=O)c1cc(O)c(O[C@H]2O[C@H](CO)[C@@H](O)[C@H](O)[C@H]2O)c(O)c1. The zero-order valence-corrected chi connectivity index (χ0v) is 17.5. The number of aromatic hydroxyl groups is 2. The van der Waals surface area contributed by atoms with E-state index in [1.54, 1.807) is 0 Å². The van der Waals surface area contributed by atoms with Gasteiger partial charge in [-0.3, -0.25) is 0 Å². The van der Waals surface area contributed by atoms with Crippen LogP contribution in [0.1, 0.15) is 55.8 Å². The standard InChI is InChI=1S/C21H32O10/c1-2-3-4-5-6-7-8-29-20(28)12-9-13(23)19(14(24)10-12)31-21-18(27)17(26)16(25)15(11-22)30-21/h9-10,15-18,21-27H,2-8,11H2,1H3/t15-,16-,17+,18-,21-/m1/s1. The van der Waals surface area contributed by atoms with Crippen LogP contribution >= 0.6 is 0 Å². The number of rotatable bonds is 11. The van der Waals surface area contributed by atoms with E-state index in [2.05, 4.69) is 6.92 Å². The van der Waals surface area contributed by atoms with Gasteiger partial charge in [-0.15, -0.1) is 0 Å². The van der Waals surface area contributed by atoms with Crippen LogP contribution in [0, 0.1) is 0 Å². The molecule has 31 heavy (non-hydrogen) atoms. The van der Waals surface area contributed by atoms with Crippen LogP contribution in [0.25, 0.3) is 0 Å². The summed E-state index contributed by atoms with van der Waals surface area (Å²) < 4.78 is 15.6. The minimum Gasteiger partial charge on any atom is -0.504 e. The Morgan fingerprint density at radius 3 is 2.19 bits per heavy atom. The average molecular weight is 444 g/mol. The molecule has 6 N–H and O–H groups in total. The summed E-state index contributed by atoms with van der Waals surface area (Å²) in [5.74, 6) is -2.47. The van der Waals surface area contributed by atoms with E-state index in [0.29, 0.717) is 6.42 Å². The van der Waals surface area contributed by atoms with Crippen LogP contribution in [-0.4, -0.2) is 80.5 Å². The molecule has 10 heteroatoms. The molecule has 0 saturated carbocycles. The van der Waals surface area contributed by atoms with Crippen LogP contribution in [0.5, 0.6) is 17.2 Å². The topological polar surface area (TPSA) is 166 Å². The van der Waals surface area contributed by atoms with Gasteiger partial charge in [-0.1, -0.05) is 39.0 Å². The number of carbonyl (C=O) groups excluding carboxylic acids is 1. The second-order valence-electron chi connectivity index (χ2n) is 7.56. The van der Waals surface area contributed by atoms with E-state index >= 15 is 0 Å². The van der Waals surface area contributed by atoms with Crippen LogP contribution in [-0.2, 0) is 9.47 Å². The summed E-state index contributed by atoms with van der Waals surface area (Å²) in [6.07, 6.45) is -1.61. The second-order valence-corrected chi connectivity index (χ2v) is 7.56. The molecule has 1 aromatic rings. The molecule has 5 atom stereocenters. The Hall–Kier alpha value is -2.11. The molecular formula is C21H32O10. The lowest BCUT2D eigenvalue weighted by Gasteiger charge is -2.39. The van der Waals surface area contributed by atoms with Crippen LogP contribution in [0.15, 0.2) is 12.1 Å². The fourth-order valence-electron chi connectivity index (χ4n) is 3.25. The highest BCUT2D eigenvalue weighted by molar-refractivity contribution is 5.91. The lowest BCUT2D eigenvalue weighted by Crippen LogP contribution is -2.60. The highest BCUT2D eigenvalue weighted by Gasteiger charge is 2.45. The molecule has 176 valence electrons. The lowest BCUT2D eigenvalue weighted by molar-refractivity contribution is -0.277. The van der Waals surface area contributed by atoms with E-state index < -0.39 is 60.5 Å². The number of aliphatic hydroxyl groups is 4. The summed E-state index contributed by atoms with van der Waals surface area (Å²) in [5, 5.41) is 59.2.